The third-order valence-electron chi connectivity index (χ3n) is 3.83. The molecule has 0 atom stereocenters. The normalized spacial score (nSPS) is 12.4. The standard InChI is InChI=1S/C19H15ClN4O/c20-16-9-15(24-19-18-14(11-23-19)4-2-8-22-18)5-6-17(16)25-12-13-3-1-7-21-10-13/h1-10H,11-12H2,(H,23,24). The minimum absolute atomic E-state index is 0.421. The van der Waals surface area contributed by atoms with Crippen molar-refractivity contribution in [3.05, 3.63) is 82.9 Å². The molecule has 124 valence electrons. The topological polar surface area (TPSA) is 59.4 Å². The van der Waals surface area contributed by atoms with Crippen molar-refractivity contribution in [2.45, 2.75) is 13.2 Å². The lowest BCUT2D eigenvalue weighted by molar-refractivity contribution is 0.306. The van der Waals surface area contributed by atoms with Gasteiger partial charge in [0.1, 0.15) is 18.1 Å². The summed E-state index contributed by atoms with van der Waals surface area (Å²) in [7, 11) is 0. The SMILES string of the molecule is Clc1cc(NC2=NCc3cccnc32)ccc1OCc1cccnc1. The third kappa shape index (κ3) is 3.46. The molecule has 25 heavy (non-hydrogen) atoms. The van der Waals surface area contributed by atoms with Gasteiger partial charge >= 0.3 is 0 Å². The highest BCUT2D eigenvalue weighted by atomic mass is 35.5. The maximum Gasteiger partial charge on any atom is 0.152 e. The molecule has 6 heteroatoms. The fraction of sp³-hybridized carbons (Fsp3) is 0.105. The summed E-state index contributed by atoms with van der Waals surface area (Å²) < 4.78 is 5.76. The lowest BCUT2D eigenvalue weighted by Gasteiger charge is -2.11. The predicted octanol–water partition coefficient (Wildman–Crippen LogP) is 4.08. The van der Waals surface area contributed by atoms with Gasteiger partial charge in [0.2, 0.25) is 0 Å². The van der Waals surface area contributed by atoms with E-state index in [9.17, 15) is 0 Å². The summed E-state index contributed by atoms with van der Waals surface area (Å²) in [5.41, 5.74) is 3.84. The second kappa shape index (κ2) is 6.91. The quantitative estimate of drug-likeness (QED) is 0.770. The van der Waals surface area contributed by atoms with Crippen molar-refractivity contribution < 1.29 is 4.74 Å². The van der Waals surface area contributed by atoms with Crippen LogP contribution in [0.4, 0.5) is 5.69 Å². The van der Waals surface area contributed by atoms with Crippen LogP contribution in [-0.2, 0) is 13.2 Å². The Morgan fingerprint density at radius 1 is 1.12 bits per heavy atom. The Labute approximate surface area is 150 Å². The smallest absolute Gasteiger partial charge is 0.152 e. The number of anilines is 1. The van der Waals surface area contributed by atoms with Gasteiger partial charge in [0, 0.05) is 35.4 Å². The summed E-state index contributed by atoms with van der Waals surface area (Å²) in [6, 6.07) is 13.4. The molecule has 0 bridgehead atoms. The molecule has 1 aromatic carbocycles. The molecule has 0 fully saturated rings. The average molecular weight is 351 g/mol. The number of pyridine rings is 2. The second-order valence-corrected chi connectivity index (χ2v) is 6.00. The Morgan fingerprint density at radius 3 is 2.88 bits per heavy atom. The number of hydrogen-bond donors (Lipinski definition) is 1. The van der Waals surface area contributed by atoms with E-state index in [0.717, 1.165) is 28.3 Å². The first-order chi connectivity index (χ1) is 12.3. The van der Waals surface area contributed by atoms with E-state index in [4.69, 9.17) is 16.3 Å². The molecule has 1 N–H and O–H groups in total. The van der Waals surface area contributed by atoms with E-state index in [1.54, 1.807) is 18.6 Å². The van der Waals surface area contributed by atoms with Gasteiger partial charge in [0.15, 0.2) is 5.84 Å². The molecular formula is C19H15ClN4O. The largest absolute Gasteiger partial charge is 0.487 e. The highest BCUT2D eigenvalue weighted by Crippen LogP contribution is 2.29. The third-order valence-corrected chi connectivity index (χ3v) is 4.13. The van der Waals surface area contributed by atoms with Crippen LogP contribution in [0.3, 0.4) is 0 Å². The first-order valence-corrected chi connectivity index (χ1v) is 8.24. The predicted molar refractivity (Wildman–Crippen MR) is 98.1 cm³/mol. The van der Waals surface area contributed by atoms with Gasteiger partial charge in [-0.25, -0.2) is 0 Å². The maximum absolute atomic E-state index is 6.35. The molecule has 0 aliphatic carbocycles. The molecule has 3 aromatic rings. The average Bonchev–Trinajstić information content (AvgIpc) is 3.05. The number of rotatable bonds is 4. The van der Waals surface area contributed by atoms with Gasteiger partial charge < -0.3 is 10.1 Å². The fourth-order valence-corrected chi connectivity index (χ4v) is 2.83. The summed E-state index contributed by atoms with van der Waals surface area (Å²) in [6.07, 6.45) is 5.27. The summed E-state index contributed by atoms with van der Waals surface area (Å²) in [4.78, 5) is 12.9. The van der Waals surface area contributed by atoms with Crippen molar-refractivity contribution in [1.29, 1.82) is 0 Å². The number of fused-ring (bicyclic) bond motifs is 1. The molecule has 3 heterocycles. The zero-order valence-corrected chi connectivity index (χ0v) is 14.1. The number of amidine groups is 1. The number of aromatic nitrogens is 2. The highest BCUT2D eigenvalue weighted by molar-refractivity contribution is 6.32. The Balaban J connectivity index is 1.45. The van der Waals surface area contributed by atoms with E-state index in [1.807, 2.05) is 42.5 Å². The Kier molecular flexibility index (Phi) is 4.31. The molecular weight excluding hydrogens is 336 g/mol. The van der Waals surface area contributed by atoms with Crippen LogP contribution >= 0.6 is 11.6 Å². The van der Waals surface area contributed by atoms with Crippen LogP contribution in [0.5, 0.6) is 5.75 Å². The van der Waals surface area contributed by atoms with Crippen molar-refractivity contribution >= 4 is 23.1 Å². The summed E-state index contributed by atoms with van der Waals surface area (Å²) in [6.45, 7) is 1.07. The van der Waals surface area contributed by atoms with Crippen molar-refractivity contribution in [1.82, 2.24) is 9.97 Å². The van der Waals surface area contributed by atoms with Crippen molar-refractivity contribution in [2.75, 3.05) is 5.32 Å². The van der Waals surface area contributed by atoms with Gasteiger partial charge in [0.25, 0.3) is 0 Å². The minimum atomic E-state index is 0.421. The molecule has 0 amide bonds. The van der Waals surface area contributed by atoms with Crippen molar-refractivity contribution in [2.24, 2.45) is 4.99 Å². The van der Waals surface area contributed by atoms with Gasteiger partial charge in [-0.1, -0.05) is 23.7 Å². The molecule has 5 nitrogen and oxygen atoms in total. The number of ether oxygens (including phenoxy) is 1. The van der Waals surface area contributed by atoms with Crippen LogP contribution in [0.1, 0.15) is 16.8 Å². The van der Waals surface area contributed by atoms with Crippen LogP contribution in [0, 0.1) is 0 Å². The highest BCUT2D eigenvalue weighted by Gasteiger charge is 2.17. The molecule has 0 unspecified atom stereocenters. The molecule has 0 saturated carbocycles. The van der Waals surface area contributed by atoms with Gasteiger partial charge in [0.05, 0.1) is 11.6 Å². The first-order valence-electron chi connectivity index (χ1n) is 7.86. The zero-order valence-electron chi connectivity index (χ0n) is 13.3. The number of halogens is 1. The van der Waals surface area contributed by atoms with Gasteiger partial charge in [-0.2, -0.15) is 0 Å². The second-order valence-electron chi connectivity index (χ2n) is 5.60. The van der Waals surface area contributed by atoms with Crippen LogP contribution in [0.15, 0.2) is 66.0 Å². The van der Waals surface area contributed by atoms with E-state index in [2.05, 4.69) is 20.3 Å². The van der Waals surface area contributed by atoms with E-state index < -0.39 is 0 Å². The lowest BCUT2D eigenvalue weighted by atomic mass is 10.2. The van der Waals surface area contributed by atoms with Crippen LogP contribution in [0.25, 0.3) is 0 Å². The Morgan fingerprint density at radius 2 is 2.04 bits per heavy atom. The molecule has 1 aliphatic rings. The summed E-state index contributed by atoms with van der Waals surface area (Å²) in [5, 5.41) is 3.81. The Hall–Kier alpha value is -2.92. The van der Waals surface area contributed by atoms with Crippen molar-refractivity contribution in [3.63, 3.8) is 0 Å². The molecule has 1 aliphatic heterocycles. The van der Waals surface area contributed by atoms with Crippen molar-refractivity contribution in [3.8, 4) is 5.75 Å². The molecule has 2 aromatic heterocycles. The fourth-order valence-electron chi connectivity index (χ4n) is 2.59. The first kappa shape index (κ1) is 15.6. The van der Waals surface area contributed by atoms with Crippen LogP contribution in [0.2, 0.25) is 5.02 Å². The number of nitrogens with zero attached hydrogens (tertiary/aromatic N) is 3. The molecule has 0 saturated heterocycles. The molecule has 0 spiro atoms. The van der Waals surface area contributed by atoms with Crippen LogP contribution in [-0.4, -0.2) is 15.8 Å². The monoisotopic (exact) mass is 350 g/mol. The number of nitrogens with one attached hydrogen (secondary N) is 1. The zero-order chi connectivity index (χ0) is 17.1. The van der Waals surface area contributed by atoms with E-state index in [-0.39, 0.29) is 0 Å². The van der Waals surface area contributed by atoms with Gasteiger partial charge in [-0.05, 0) is 30.3 Å². The van der Waals surface area contributed by atoms with E-state index in [0.29, 0.717) is 23.9 Å². The molecule has 0 radical (unpaired) electrons. The minimum Gasteiger partial charge on any atom is -0.487 e. The number of benzene rings is 1. The van der Waals surface area contributed by atoms with Gasteiger partial charge in [-0.3, -0.25) is 15.0 Å². The lowest BCUT2D eigenvalue weighted by Crippen LogP contribution is -2.13. The van der Waals surface area contributed by atoms with E-state index in [1.165, 1.54) is 0 Å². The van der Waals surface area contributed by atoms with E-state index >= 15 is 0 Å². The molecule has 4 rings (SSSR count). The number of hydrogen-bond acceptors (Lipinski definition) is 5. The summed E-state index contributed by atoms with van der Waals surface area (Å²) in [5.74, 6) is 1.39. The van der Waals surface area contributed by atoms with Gasteiger partial charge in [-0.15, -0.1) is 0 Å². The summed E-state index contributed by atoms with van der Waals surface area (Å²) >= 11 is 6.35. The Bertz CT molecular complexity index is 928. The van der Waals surface area contributed by atoms with Crippen LogP contribution < -0.4 is 10.1 Å². The number of aliphatic imine (C=N–C) groups is 1. The maximum atomic E-state index is 6.35.